The van der Waals surface area contributed by atoms with Crippen LogP contribution in [0.4, 0.5) is 10.6 Å². The Balaban J connectivity index is 1.81. The van der Waals surface area contributed by atoms with E-state index in [2.05, 4.69) is 15.1 Å². The molecule has 4 rings (SSSR count). The Morgan fingerprint density at radius 3 is 2.32 bits per heavy atom. The fourth-order valence-electron chi connectivity index (χ4n) is 5.54. The summed E-state index contributed by atoms with van der Waals surface area (Å²) in [5.74, 6) is -4.43. The normalized spacial score (nSPS) is 23.0. The van der Waals surface area contributed by atoms with Crippen LogP contribution < -0.4 is 4.90 Å². The number of anilines is 1. The number of carbonyl (C=O) groups is 4. The third kappa shape index (κ3) is 7.04. The average Bonchev–Trinajstić information content (AvgIpc) is 3.57. The molecule has 2 aliphatic rings. The van der Waals surface area contributed by atoms with Gasteiger partial charge in [-0.3, -0.25) is 19.3 Å². The second-order valence-electron chi connectivity index (χ2n) is 11.3. The summed E-state index contributed by atoms with van der Waals surface area (Å²) in [5.41, 5.74) is -0.611. The van der Waals surface area contributed by atoms with Gasteiger partial charge in [-0.15, -0.1) is 0 Å². The molecule has 0 spiro atoms. The molecule has 2 N–H and O–H groups in total. The number of amides is 1. The van der Waals surface area contributed by atoms with Crippen molar-refractivity contribution in [2.45, 2.75) is 90.2 Å². The largest absolute Gasteiger partial charge is 0.481 e. The fourth-order valence-corrected chi connectivity index (χ4v) is 5.70. The number of ether oxygens (including phenoxy) is 3. The molecule has 14 nitrogen and oxygen atoms in total. The van der Waals surface area contributed by atoms with Crippen molar-refractivity contribution >= 4 is 52.5 Å². The van der Waals surface area contributed by atoms with Gasteiger partial charge < -0.3 is 24.4 Å². The maximum absolute atomic E-state index is 13.4. The first-order chi connectivity index (χ1) is 19.2. The molecule has 224 valence electrons. The molecule has 2 aromatic heterocycles. The van der Waals surface area contributed by atoms with Gasteiger partial charge in [0.05, 0.1) is 30.5 Å². The first kappa shape index (κ1) is 30.4. The van der Waals surface area contributed by atoms with Gasteiger partial charge in [-0.05, 0) is 45.2 Å². The summed E-state index contributed by atoms with van der Waals surface area (Å²) in [6.45, 7) is 6.22. The van der Waals surface area contributed by atoms with Crippen LogP contribution in [0.25, 0.3) is 11.0 Å². The van der Waals surface area contributed by atoms with Crippen molar-refractivity contribution in [3.63, 3.8) is 0 Å². The summed E-state index contributed by atoms with van der Waals surface area (Å²) < 4.78 is 18.3. The van der Waals surface area contributed by atoms with Crippen LogP contribution in [0, 0.1) is 11.8 Å². The molecule has 3 heterocycles. The van der Waals surface area contributed by atoms with Crippen molar-refractivity contribution < 1.29 is 43.6 Å². The number of halogens is 1. The molecule has 0 bridgehead atoms. The minimum Gasteiger partial charge on any atom is -0.481 e. The topological polar surface area (TPSA) is 183 Å². The van der Waals surface area contributed by atoms with Crippen molar-refractivity contribution in [2.24, 2.45) is 11.8 Å². The Morgan fingerprint density at radius 1 is 1.10 bits per heavy atom. The Morgan fingerprint density at radius 2 is 1.73 bits per heavy atom. The molecule has 2 aromatic rings. The zero-order valence-electron chi connectivity index (χ0n) is 23.3. The van der Waals surface area contributed by atoms with E-state index in [0.717, 1.165) is 25.7 Å². The summed E-state index contributed by atoms with van der Waals surface area (Å²) in [4.78, 5) is 58.7. The summed E-state index contributed by atoms with van der Waals surface area (Å²) in [7, 11) is 0. The van der Waals surface area contributed by atoms with Gasteiger partial charge in [0.2, 0.25) is 5.28 Å². The number of nitrogens with zero attached hydrogens (tertiary/aromatic N) is 5. The van der Waals surface area contributed by atoms with Crippen molar-refractivity contribution in [3.05, 3.63) is 11.5 Å². The minimum absolute atomic E-state index is 0.161. The summed E-state index contributed by atoms with van der Waals surface area (Å²) in [5, 5.41) is 23.8. The number of aliphatic carboxylic acids is 2. The molecule has 1 saturated heterocycles. The number of carboxylic acids is 2. The Kier molecular flexibility index (Phi) is 9.02. The molecule has 2 fully saturated rings. The number of rotatable bonds is 9. The zero-order valence-corrected chi connectivity index (χ0v) is 24.0. The second kappa shape index (κ2) is 12.1. The summed E-state index contributed by atoms with van der Waals surface area (Å²) in [6.07, 6.45) is 1.27. The maximum Gasteiger partial charge on any atom is 0.416 e. The van der Waals surface area contributed by atoms with E-state index in [1.165, 1.54) is 22.7 Å². The highest BCUT2D eigenvalue weighted by atomic mass is 35.5. The predicted octanol–water partition coefficient (Wildman–Crippen LogP) is 3.81. The standard InChI is InChI=1S/C26H34ClN5O9/c1-13(33)39-12-18-15(9-19(34)35)16(10-20(36)37)23(40-18)32-22-17(11-28-32)21(29-24(27)30-22)31(14-7-5-6-8-14)25(38)41-26(2,3)4/h11,14-16,18,23H,5-10,12H2,1-4H3,(H,34,35)(H,36,37)/t15-,16-,18+,23-/m1/s1. The number of carbonyl (C=O) groups excluding carboxylic acids is 2. The lowest BCUT2D eigenvalue weighted by Gasteiger charge is -2.31. The van der Waals surface area contributed by atoms with E-state index in [9.17, 15) is 29.4 Å². The van der Waals surface area contributed by atoms with Crippen LogP contribution in [0.2, 0.25) is 5.28 Å². The van der Waals surface area contributed by atoms with E-state index in [-0.39, 0.29) is 29.4 Å². The third-order valence-corrected chi connectivity index (χ3v) is 7.30. The number of hydrogen-bond donors (Lipinski definition) is 2. The van der Waals surface area contributed by atoms with Crippen LogP contribution in [0.5, 0.6) is 0 Å². The zero-order chi connectivity index (χ0) is 30.1. The van der Waals surface area contributed by atoms with Crippen molar-refractivity contribution in [3.8, 4) is 0 Å². The third-order valence-electron chi connectivity index (χ3n) is 7.14. The summed E-state index contributed by atoms with van der Waals surface area (Å²) in [6, 6.07) is -0.196. The van der Waals surface area contributed by atoms with Gasteiger partial charge in [0.15, 0.2) is 17.7 Å². The molecule has 0 unspecified atom stereocenters. The van der Waals surface area contributed by atoms with Crippen LogP contribution >= 0.6 is 11.6 Å². The van der Waals surface area contributed by atoms with Gasteiger partial charge >= 0.3 is 24.0 Å². The van der Waals surface area contributed by atoms with E-state index in [0.29, 0.717) is 5.39 Å². The SMILES string of the molecule is CC(=O)OC[C@@H]1O[C@@H](n2ncc3c(N(C(=O)OC(C)(C)C)C4CCCC4)nc(Cl)nc32)[C@H](CC(=O)O)[C@H]1CC(=O)O. The minimum atomic E-state index is -1.17. The maximum atomic E-state index is 13.4. The molecular weight excluding hydrogens is 562 g/mol. The van der Waals surface area contributed by atoms with Gasteiger partial charge in [-0.1, -0.05) is 12.8 Å². The highest BCUT2D eigenvalue weighted by Gasteiger charge is 2.48. The molecule has 1 saturated carbocycles. The quantitative estimate of drug-likeness (QED) is 0.316. The molecule has 0 aromatic carbocycles. The van der Waals surface area contributed by atoms with E-state index >= 15 is 0 Å². The first-order valence-corrected chi connectivity index (χ1v) is 13.8. The molecule has 0 radical (unpaired) electrons. The highest BCUT2D eigenvalue weighted by molar-refractivity contribution is 6.29. The molecule has 1 aliphatic heterocycles. The lowest BCUT2D eigenvalue weighted by atomic mass is 9.84. The van der Waals surface area contributed by atoms with E-state index < -0.39 is 66.6 Å². The van der Waals surface area contributed by atoms with Crippen LogP contribution in [0.1, 0.15) is 72.4 Å². The average molecular weight is 596 g/mol. The van der Waals surface area contributed by atoms with E-state index in [1.54, 1.807) is 20.8 Å². The lowest BCUT2D eigenvalue weighted by molar-refractivity contribution is -0.147. The van der Waals surface area contributed by atoms with Crippen molar-refractivity contribution in [2.75, 3.05) is 11.5 Å². The second-order valence-corrected chi connectivity index (χ2v) is 11.7. The Hall–Kier alpha value is -3.52. The molecule has 1 amide bonds. The number of aromatic nitrogens is 4. The van der Waals surface area contributed by atoms with Gasteiger partial charge in [-0.2, -0.15) is 15.1 Å². The molecule has 4 atom stereocenters. The van der Waals surface area contributed by atoms with Gasteiger partial charge in [0.1, 0.15) is 12.2 Å². The van der Waals surface area contributed by atoms with E-state index in [1.807, 2.05) is 0 Å². The van der Waals surface area contributed by atoms with Crippen LogP contribution in [0.3, 0.4) is 0 Å². The number of esters is 1. The Labute approximate surface area is 240 Å². The predicted molar refractivity (Wildman–Crippen MR) is 143 cm³/mol. The van der Waals surface area contributed by atoms with Crippen LogP contribution in [-0.2, 0) is 28.6 Å². The first-order valence-electron chi connectivity index (χ1n) is 13.4. The Bertz CT molecular complexity index is 1320. The molecule has 41 heavy (non-hydrogen) atoms. The smallest absolute Gasteiger partial charge is 0.416 e. The number of carboxylic acid groups (broad SMARTS) is 2. The van der Waals surface area contributed by atoms with Gasteiger partial charge in [-0.25, -0.2) is 9.48 Å². The van der Waals surface area contributed by atoms with Crippen LogP contribution in [0.15, 0.2) is 6.20 Å². The monoisotopic (exact) mass is 595 g/mol. The van der Waals surface area contributed by atoms with Gasteiger partial charge in [0, 0.05) is 24.8 Å². The van der Waals surface area contributed by atoms with Gasteiger partial charge in [0.25, 0.3) is 0 Å². The number of hydrogen-bond acceptors (Lipinski definition) is 10. The van der Waals surface area contributed by atoms with Crippen molar-refractivity contribution in [1.29, 1.82) is 0 Å². The number of fused-ring (bicyclic) bond motifs is 1. The van der Waals surface area contributed by atoms with E-state index in [4.69, 9.17) is 25.8 Å². The fraction of sp³-hybridized carbons (Fsp3) is 0.654. The molecule has 15 heteroatoms. The molecule has 1 aliphatic carbocycles. The summed E-state index contributed by atoms with van der Waals surface area (Å²) >= 11 is 6.37. The molecular formula is C26H34ClN5O9. The highest BCUT2D eigenvalue weighted by Crippen LogP contribution is 2.45. The van der Waals surface area contributed by atoms with Crippen LogP contribution in [-0.4, -0.2) is 78.3 Å². The lowest BCUT2D eigenvalue weighted by Crippen LogP contribution is -2.43. The van der Waals surface area contributed by atoms with Crippen molar-refractivity contribution in [1.82, 2.24) is 19.7 Å².